The predicted molar refractivity (Wildman–Crippen MR) is 115 cm³/mol. The molecule has 1 aliphatic heterocycles. The summed E-state index contributed by atoms with van der Waals surface area (Å²) in [6, 6.07) is 4.23. The standard InChI is InChI=1S/C22H25FN4O3S/c1-13-10-26-18(11-25-13)19(28)9-14-4-7-17(23)16(8-14)21(2)12-31(29,30)22(3,15-5-6-15)20(24)27-21/h4,7-8,10-11,15H,5-6,9,12H2,1-3H3,(H2,24,27)/t21-,22-/m0/s1. The number of nitrogens with zero attached hydrogens (tertiary/aromatic N) is 3. The van der Waals surface area contributed by atoms with Crippen molar-refractivity contribution in [1.82, 2.24) is 9.97 Å². The van der Waals surface area contributed by atoms with Crippen molar-refractivity contribution in [3.05, 3.63) is 58.9 Å². The summed E-state index contributed by atoms with van der Waals surface area (Å²) < 4.78 is 40.1. The van der Waals surface area contributed by atoms with E-state index in [1.165, 1.54) is 30.6 Å². The molecule has 9 heteroatoms. The molecule has 1 aromatic heterocycles. The highest BCUT2D eigenvalue weighted by Crippen LogP contribution is 2.49. The molecule has 2 heterocycles. The fourth-order valence-corrected chi connectivity index (χ4v) is 6.60. The SMILES string of the molecule is Cc1cnc(C(=O)Cc2ccc(F)c([C@]3(C)CS(=O)(=O)[C@@](C)(C4CC4)C(N)=N3)c2)cn1. The third-order valence-electron chi connectivity index (χ3n) is 6.39. The Labute approximate surface area is 180 Å². The number of hydrogen-bond donors (Lipinski definition) is 1. The Morgan fingerprint density at radius 2 is 1.94 bits per heavy atom. The first-order valence-electron chi connectivity index (χ1n) is 10.1. The van der Waals surface area contributed by atoms with E-state index >= 15 is 0 Å². The second kappa shape index (κ2) is 7.19. The van der Waals surface area contributed by atoms with Crippen molar-refractivity contribution < 1.29 is 17.6 Å². The summed E-state index contributed by atoms with van der Waals surface area (Å²) in [5, 5.41) is 0. The topological polar surface area (TPSA) is 115 Å². The largest absolute Gasteiger partial charge is 0.386 e. The van der Waals surface area contributed by atoms with Crippen molar-refractivity contribution in [2.45, 2.75) is 50.3 Å². The highest BCUT2D eigenvalue weighted by Gasteiger charge is 2.58. The van der Waals surface area contributed by atoms with Gasteiger partial charge in [-0.05, 0) is 57.2 Å². The molecule has 4 rings (SSSR count). The van der Waals surface area contributed by atoms with E-state index in [0.29, 0.717) is 11.3 Å². The molecule has 164 valence electrons. The van der Waals surface area contributed by atoms with Crippen LogP contribution in [-0.2, 0) is 21.8 Å². The number of ketones is 1. The van der Waals surface area contributed by atoms with Crippen LogP contribution in [-0.4, -0.2) is 40.5 Å². The first kappa shape index (κ1) is 21.5. The van der Waals surface area contributed by atoms with Crippen LogP contribution < -0.4 is 5.73 Å². The van der Waals surface area contributed by atoms with Crippen molar-refractivity contribution in [3.8, 4) is 0 Å². The van der Waals surface area contributed by atoms with E-state index in [2.05, 4.69) is 15.0 Å². The van der Waals surface area contributed by atoms with Crippen LogP contribution in [0.1, 0.15) is 54.0 Å². The van der Waals surface area contributed by atoms with E-state index in [1.54, 1.807) is 20.8 Å². The fraction of sp³-hybridized carbons (Fsp3) is 0.455. The lowest BCUT2D eigenvalue weighted by atomic mass is 9.90. The van der Waals surface area contributed by atoms with E-state index in [9.17, 15) is 17.6 Å². The van der Waals surface area contributed by atoms with Crippen LogP contribution in [0.25, 0.3) is 0 Å². The number of nitrogens with two attached hydrogens (primary N) is 1. The molecule has 0 amide bonds. The van der Waals surface area contributed by atoms with Crippen molar-refractivity contribution in [3.63, 3.8) is 0 Å². The molecule has 2 atom stereocenters. The van der Waals surface area contributed by atoms with Gasteiger partial charge in [-0.2, -0.15) is 0 Å². The maximum atomic E-state index is 14.8. The van der Waals surface area contributed by atoms with Gasteiger partial charge in [-0.1, -0.05) is 6.07 Å². The monoisotopic (exact) mass is 444 g/mol. The van der Waals surface area contributed by atoms with Crippen LogP contribution in [0.15, 0.2) is 35.6 Å². The van der Waals surface area contributed by atoms with Crippen LogP contribution in [0.4, 0.5) is 4.39 Å². The Hall–Kier alpha value is -2.68. The second-order valence-corrected chi connectivity index (χ2v) is 11.2. The van der Waals surface area contributed by atoms with Gasteiger partial charge < -0.3 is 5.73 Å². The van der Waals surface area contributed by atoms with Crippen LogP contribution in [0.3, 0.4) is 0 Å². The number of carbonyl (C=O) groups excluding carboxylic acids is 1. The summed E-state index contributed by atoms with van der Waals surface area (Å²) in [7, 11) is -3.67. The molecule has 0 unspecified atom stereocenters. The molecule has 1 saturated carbocycles. The highest BCUT2D eigenvalue weighted by molar-refractivity contribution is 7.93. The molecule has 2 N–H and O–H groups in total. The van der Waals surface area contributed by atoms with Crippen molar-refractivity contribution in [2.24, 2.45) is 16.6 Å². The summed E-state index contributed by atoms with van der Waals surface area (Å²) in [5.74, 6) is -1.22. The number of hydrogen-bond acceptors (Lipinski definition) is 7. The summed E-state index contributed by atoms with van der Waals surface area (Å²) in [6.45, 7) is 4.96. The average molecular weight is 445 g/mol. The molecule has 31 heavy (non-hydrogen) atoms. The minimum absolute atomic E-state index is 0.0210. The van der Waals surface area contributed by atoms with Crippen molar-refractivity contribution in [2.75, 3.05) is 5.75 Å². The predicted octanol–water partition coefficient (Wildman–Crippen LogP) is 2.52. The number of halogens is 1. The minimum Gasteiger partial charge on any atom is -0.386 e. The lowest BCUT2D eigenvalue weighted by molar-refractivity contribution is 0.0987. The van der Waals surface area contributed by atoms with E-state index in [1.807, 2.05) is 0 Å². The Morgan fingerprint density at radius 1 is 1.23 bits per heavy atom. The maximum Gasteiger partial charge on any atom is 0.187 e. The number of aliphatic imine (C=N–C) groups is 1. The lowest BCUT2D eigenvalue weighted by Gasteiger charge is -2.40. The smallest absolute Gasteiger partial charge is 0.187 e. The van der Waals surface area contributed by atoms with E-state index in [4.69, 9.17) is 5.73 Å². The second-order valence-electron chi connectivity index (χ2n) is 8.87. The summed E-state index contributed by atoms with van der Waals surface area (Å²) in [4.78, 5) is 25.2. The molecular weight excluding hydrogens is 419 g/mol. The van der Waals surface area contributed by atoms with Crippen LogP contribution in [0.2, 0.25) is 0 Å². The fourth-order valence-electron chi connectivity index (χ4n) is 4.23. The van der Waals surface area contributed by atoms with Crippen molar-refractivity contribution >= 4 is 21.5 Å². The third kappa shape index (κ3) is 3.64. The number of aromatic nitrogens is 2. The molecule has 7 nitrogen and oxygen atoms in total. The van der Waals surface area contributed by atoms with Crippen LogP contribution in [0, 0.1) is 18.7 Å². The zero-order chi connectivity index (χ0) is 22.6. The van der Waals surface area contributed by atoms with Gasteiger partial charge in [0.25, 0.3) is 0 Å². The van der Waals surface area contributed by atoms with Gasteiger partial charge in [-0.25, -0.2) is 17.8 Å². The number of amidine groups is 1. The van der Waals surface area contributed by atoms with Gasteiger partial charge in [0.05, 0.1) is 17.6 Å². The zero-order valence-corrected chi connectivity index (χ0v) is 18.5. The molecule has 1 fully saturated rings. The quantitative estimate of drug-likeness (QED) is 0.709. The van der Waals surface area contributed by atoms with Crippen LogP contribution in [0.5, 0.6) is 0 Å². The summed E-state index contributed by atoms with van der Waals surface area (Å²) in [5.41, 5.74) is 6.36. The molecule has 0 saturated heterocycles. The van der Waals surface area contributed by atoms with Crippen molar-refractivity contribution in [1.29, 1.82) is 0 Å². The molecule has 2 aromatic rings. The van der Waals surface area contributed by atoms with E-state index in [0.717, 1.165) is 12.8 Å². The number of sulfone groups is 1. The minimum atomic E-state index is -3.67. The molecular formula is C22H25FN4O3S. The van der Waals surface area contributed by atoms with Crippen LogP contribution >= 0.6 is 0 Å². The third-order valence-corrected chi connectivity index (χ3v) is 9.17. The van der Waals surface area contributed by atoms with Gasteiger partial charge in [-0.15, -0.1) is 0 Å². The maximum absolute atomic E-state index is 14.8. The summed E-state index contributed by atoms with van der Waals surface area (Å²) >= 11 is 0. The Morgan fingerprint density at radius 3 is 2.52 bits per heavy atom. The van der Waals surface area contributed by atoms with E-state index in [-0.39, 0.29) is 41.0 Å². The number of rotatable bonds is 5. The Balaban J connectivity index is 1.69. The number of Topliss-reactive ketones (excluding diaryl/α,β-unsaturated/α-hetero) is 1. The van der Waals surface area contributed by atoms with Gasteiger partial charge in [0.15, 0.2) is 15.6 Å². The zero-order valence-electron chi connectivity index (χ0n) is 17.7. The summed E-state index contributed by atoms with van der Waals surface area (Å²) in [6.07, 6.45) is 4.46. The molecule has 1 aliphatic carbocycles. The van der Waals surface area contributed by atoms with E-state index < -0.39 is 25.9 Å². The average Bonchev–Trinajstić information content (AvgIpc) is 3.53. The number of benzene rings is 1. The molecule has 0 radical (unpaired) electrons. The first-order chi connectivity index (χ1) is 14.5. The van der Waals surface area contributed by atoms with Gasteiger partial charge >= 0.3 is 0 Å². The first-order valence-corrected chi connectivity index (χ1v) is 11.8. The highest BCUT2D eigenvalue weighted by atomic mass is 32.2. The van der Waals surface area contributed by atoms with Gasteiger partial charge in [0.1, 0.15) is 27.6 Å². The Bertz CT molecular complexity index is 1190. The normalized spacial score (nSPS) is 27.5. The number of aryl methyl sites for hydroxylation is 1. The molecule has 0 bridgehead atoms. The van der Waals surface area contributed by atoms with Gasteiger partial charge in [0, 0.05) is 18.2 Å². The van der Waals surface area contributed by atoms with Gasteiger partial charge in [-0.3, -0.25) is 14.8 Å². The van der Waals surface area contributed by atoms with Gasteiger partial charge in [0.2, 0.25) is 0 Å². The molecule has 0 spiro atoms. The number of carbonyl (C=O) groups is 1. The molecule has 1 aromatic carbocycles. The lowest BCUT2D eigenvalue weighted by Crippen LogP contribution is -2.58. The molecule has 2 aliphatic rings. The Kier molecular flexibility index (Phi) is 4.99.